The van der Waals surface area contributed by atoms with Crippen LogP contribution in [0.2, 0.25) is 0 Å². The topological polar surface area (TPSA) is 29.1 Å². The minimum Gasteiger partial charge on any atom is -0.356 e. The van der Waals surface area contributed by atoms with E-state index in [0.717, 1.165) is 25.8 Å². The average Bonchev–Trinajstić information content (AvgIpc) is 2.10. The largest absolute Gasteiger partial charge is 0.356 e. The van der Waals surface area contributed by atoms with Crippen LogP contribution < -0.4 is 5.32 Å². The normalized spacial score (nSPS) is 12.9. The average molecular weight is 255 g/mol. The monoisotopic (exact) mass is 255 g/mol. The molecule has 0 aromatic carbocycles. The fourth-order valence-corrected chi connectivity index (χ4v) is 2.56. The fraction of sp³-hybridized carbons (Fsp3) is 0.938. The molecule has 0 saturated heterocycles. The van der Waals surface area contributed by atoms with E-state index in [1.807, 2.05) is 0 Å². The molecule has 0 spiro atoms. The van der Waals surface area contributed by atoms with Gasteiger partial charge in [-0.1, -0.05) is 48.5 Å². The van der Waals surface area contributed by atoms with Crippen molar-refractivity contribution in [3.8, 4) is 0 Å². The fourth-order valence-electron chi connectivity index (χ4n) is 2.56. The molecule has 0 aliphatic rings. The Labute approximate surface area is 114 Å². The molecule has 0 aliphatic heterocycles. The van der Waals surface area contributed by atoms with Crippen molar-refractivity contribution in [3.63, 3.8) is 0 Å². The zero-order valence-corrected chi connectivity index (χ0v) is 13.5. The third kappa shape index (κ3) is 10.6. The van der Waals surface area contributed by atoms with Gasteiger partial charge in [0.1, 0.15) is 0 Å². The first-order valence-electron chi connectivity index (χ1n) is 7.28. The van der Waals surface area contributed by atoms with Crippen LogP contribution >= 0.6 is 0 Å². The lowest BCUT2D eigenvalue weighted by Crippen LogP contribution is -2.28. The van der Waals surface area contributed by atoms with Gasteiger partial charge in [-0.05, 0) is 36.0 Å². The molecule has 0 atom stereocenters. The van der Waals surface area contributed by atoms with Crippen molar-refractivity contribution in [2.45, 2.75) is 74.1 Å². The number of rotatable bonds is 7. The van der Waals surface area contributed by atoms with E-state index in [4.69, 9.17) is 0 Å². The number of amides is 1. The summed E-state index contributed by atoms with van der Waals surface area (Å²) in [5.41, 5.74) is 0.575. The molecule has 0 unspecified atom stereocenters. The van der Waals surface area contributed by atoms with Gasteiger partial charge < -0.3 is 5.32 Å². The molecule has 0 aromatic rings. The van der Waals surface area contributed by atoms with Gasteiger partial charge >= 0.3 is 0 Å². The number of nitrogens with one attached hydrogen (secondary N) is 1. The van der Waals surface area contributed by atoms with Gasteiger partial charge in [-0.2, -0.15) is 0 Å². The first-order chi connectivity index (χ1) is 8.02. The highest BCUT2D eigenvalue weighted by Crippen LogP contribution is 2.36. The molecule has 108 valence electrons. The third-order valence-electron chi connectivity index (χ3n) is 3.08. The highest BCUT2D eigenvalue weighted by Gasteiger charge is 2.25. The lowest BCUT2D eigenvalue weighted by Gasteiger charge is -2.32. The summed E-state index contributed by atoms with van der Waals surface area (Å²) in [5.74, 6) is 0.861. The van der Waals surface area contributed by atoms with Crippen LogP contribution in [0.25, 0.3) is 0 Å². The predicted molar refractivity (Wildman–Crippen MR) is 79.6 cm³/mol. The Balaban J connectivity index is 3.90. The van der Waals surface area contributed by atoms with Crippen LogP contribution in [0.1, 0.15) is 74.1 Å². The van der Waals surface area contributed by atoms with Crippen LogP contribution in [0.5, 0.6) is 0 Å². The summed E-state index contributed by atoms with van der Waals surface area (Å²) in [6, 6.07) is 0. The van der Waals surface area contributed by atoms with Gasteiger partial charge in [0, 0.05) is 13.0 Å². The molecule has 0 heterocycles. The van der Waals surface area contributed by atoms with Crippen molar-refractivity contribution in [1.82, 2.24) is 5.32 Å². The number of carbonyl (C=O) groups excluding carboxylic acids is 1. The predicted octanol–water partition coefficient (Wildman–Crippen LogP) is 4.39. The van der Waals surface area contributed by atoms with E-state index < -0.39 is 0 Å². The van der Waals surface area contributed by atoms with Crippen LogP contribution in [0.3, 0.4) is 0 Å². The molecule has 0 fully saturated rings. The van der Waals surface area contributed by atoms with E-state index in [0.29, 0.717) is 17.8 Å². The molecular weight excluding hydrogens is 222 g/mol. The molecular formula is C16H33NO. The molecule has 0 aromatic heterocycles. The maximum Gasteiger partial charge on any atom is 0.220 e. The van der Waals surface area contributed by atoms with Gasteiger partial charge in [0.15, 0.2) is 0 Å². The summed E-state index contributed by atoms with van der Waals surface area (Å²) in [6.07, 6.45) is 3.84. The second-order valence-corrected chi connectivity index (χ2v) is 7.93. The van der Waals surface area contributed by atoms with Crippen molar-refractivity contribution in [3.05, 3.63) is 0 Å². The van der Waals surface area contributed by atoms with E-state index in [1.165, 1.54) is 0 Å². The second-order valence-electron chi connectivity index (χ2n) is 7.93. The Bertz CT molecular complexity index is 248. The Morgan fingerprint density at radius 2 is 1.67 bits per heavy atom. The number of hydrogen-bond acceptors (Lipinski definition) is 1. The second kappa shape index (κ2) is 7.16. The zero-order chi connectivity index (χ0) is 14.4. The Kier molecular flexibility index (Phi) is 6.94. The summed E-state index contributed by atoms with van der Waals surface area (Å²) < 4.78 is 0. The first-order valence-corrected chi connectivity index (χ1v) is 7.28. The van der Waals surface area contributed by atoms with Gasteiger partial charge in [-0.3, -0.25) is 4.79 Å². The standard InChI is InChI=1S/C16H33NO/c1-13(2)9-11-17-14(18)8-10-16(6,7)12-15(3,4)5/h13H,8-12H2,1-7H3,(H,17,18). The quantitative estimate of drug-likeness (QED) is 0.718. The van der Waals surface area contributed by atoms with E-state index >= 15 is 0 Å². The minimum atomic E-state index is 0.206. The molecule has 2 nitrogen and oxygen atoms in total. The Morgan fingerprint density at radius 1 is 1.11 bits per heavy atom. The van der Waals surface area contributed by atoms with Crippen LogP contribution in [0, 0.1) is 16.7 Å². The van der Waals surface area contributed by atoms with Crippen LogP contribution in [-0.2, 0) is 4.79 Å². The molecule has 0 rings (SSSR count). The van der Waals surface area contributed by atoms with Crippen molar-refractivity contribution < 1.29 is 4.79 Å². The van der Waals surface area contributed by atoms with Crippen molar-refractivity contribution in [1.29, 1.82) is 0 Å². The Morgan fingerprint density at radius 3 is 2.11 bits per heavy atom. The van der Waals surface area contributed by atoms with Gasteiger partial charge in [-0.15, -0.1) is 0 Å². The van der Waals surface area contributed by atoms with Gasteiger partial charge in [0.25, 0.3) is 0 Å². The molecule has 1 amide bonds. The van der Waals surface area contributed by atoms with E-state index in [-0.39, 0.29) is 11.3 Å². The maximum atomic E-state index is 11.7. The summed E-state index contributed by atoms with van der Waals surface area (Å²) in [7, 11) is 0. The van der Waals surface area contributed by atoms with Gasteiger partial charge in [0.05, 0.1) is 0 Å². The zero-order valence-electron chi connectivity index (χ0n) is 13.5. The Hall–Kier alpha value is -0.530. The lowest BCUT2D eigenvalue weighted by molar-refractivity contribution is -0.121. The maximum absolute atomic E-state index is 11.7. The molecule has 1 N–H and O–H groups in total. The minimum absolute atomic E-state index is 0.206. The van der Waals surface area contributed by atoms with E-state index in [9.17, 15) is 4.79 Å². The van der Waals surface area contributed by atoms with Gasteiger partial charge in [-0.25, -0.2) is 0 Å². The van der Waals surface area contributed by atoms with Crippen molar-refractivity contribution in [2.75, 3.05) is 6.54 Å². The SMILES string of the molecule is CC(C)CCNC(=O)CCC(C)(C)CC(C)(C)C. The summed E-state index contributed by atoms with van der Waals surface area (Å²) >= 11 is 0. The first kappa shape index (κ1) is 17.5. The number of carbonyl (C=O) groups is 1. The molecule has 0 bridgehead atoms. The highest BCUT2D eigenvalue weighted by atomic mass is 16.1. The molecule has 18 heavy (non-hydrogen) atoms. The van der Waals surface area contributed by atoms with E-state index in [1.54, 1.807) is 0 Å². The van der Waals surface area contributed by atoms with Crippen LogP contribution in [0.4, 0.5) is 0 Å². The molecule has 2 heteroatoms. The smallest absolute Gasteiger partial charge is 0.220 e. The highest BCUT2D eigenvalue weighted by molar-refractivity contribution is 5.75. The summed E-state index contributed by atoms with van der Waals surface area (Å²) in [6.45, 7) is 16.5. The van der Waals surface area contributed by atoms with E-state index in [2.05, 4.69) is 53.8 Å². The van der Waals surface area contributed by atoms with Crippen molar-refractivity contribution >= 4 is 5.91 Å². The summed E-state index contributed by atoms with van der Waals surface area (Å²) in [4.78, 5) is 11.7. The molecule has 0 radical (unpaired) electrons. The van der Waals surface area contributed by atoms with Crippen LogP contribution in [-0.4, -0.2) is 12.5 Å². The summed E-state index contributed by atoms with van der Waals surface area (Å²) in [5, 5.41) is 3.01. The van der Waals surface area contributed by atoms with Crippen LogP contribution in [0.15, 0.2) is 0 Å². The van der Waals surface area contributed by atoms with Gasteiger partial charge in [0.2, 0.25) is 5.91 Å². The molecule has 0 aliphatic carbocycles. The van der Waals surface area contributed by atoms with Crippen molar-refractivity contribution in [2.24, 2.45) is 16.7 Å². The number of hydrogen-bond donors (Lipinski definition) is 1. The molecule has 0 saturated carbocycles. The third-order valence-corrected chi connectivity index (χ3v) is 3.08. The lowest BCUT2D eigenvalue weighted by atomic mass is 9.74.